The van der Waals surface area contributed by atoms with Gasteiger partial charge in [0.2, 0.25) is 0 Å². The Kier molecular flexibility index (Phi) is 5.25. The van der Waals surface area contributed by atoms with Crippen LogP contribution in [-0.4, -0.2) is 12.6 Å². The SMILES string of the molecule is CCOOC(=O)C=Cc1cccc(CN)c1. The minimum absolute atomic E-state index is 0.336. The van der Waals surface area contributed by atoms with Crippen molar-refractivity contribution in [2.45, 2.75) is 13.5 Å². The highest BCUT2D eigenvalue weighted by molar-refractivity contribution is 5.86. The third kappa shape index (κ3) is 4.25. The molecule has 86 valence electrons. The Morgan fingerprint density at radius 3 is 3.00 bits per heavy atom. The second kappa shape index (κ2) is 6.76. The molecule has 0 fully saturated rings. The monoisotopic (exact) mass is 221 g/mol. The number of benzene rings is 1. The van der Waals surface area contributed by atoms with Crippen LogP contribution in [0.25, 0.3) is 6.08 Å². The fourth-order valence-electron chi connectivity index (χ4n) is 1.13. The summed E-state index contributed by atoms with van der Waals surface area (Å²) >= 11 is 0. The van der Waals surface area contributed by atoms with Gasteiger partial charge >= 0.3 is 5.97 Å². The highest BCUT2D eigenvalue weighted by Gasteiger charge is 1.97. The zero-order chi connectivity index (χ0) is 11.8. The zero-order valence-corrected chi connectivity index (χ0v) is 9.18. The molecule has 0 radical (unpaired) electrons. The van der Waals surface area contributed by atoms with Crippen LogP contribution in [0.2, 0.25) is 0 Å². The fraction of sp³-hybridized carbons (Fsp3) is 0.250. The van der Waals surface area contributed by atoms with Gasteiger partial charge in [0.15, 0.2) is 0 Å². The van der Waals surface area contributed by atoms with Crippen LogP contribution in [0.5, 0.6) is 0 Å². The van der Waals surface area contributed by atoms with E-state index >= 15 is 0 Å². The lowest BCUT2D eigenvalue weighted by Gasteiger charge is -1.98. The second-order valence-corrected chi connectivity index (χ2v) is 3.09. The predicted molar refractivity (Wildman–Crippen MR) is 61.1 cm³/mol. The van der Waals surface area contributed by atoms with Crippen molar-refractivity contribution >= 4 is 12.0 Å². The highest BCUT2D eigenvalue weighted by atomic mass is 17.2. The highest BCUT2D eigenvalue weighted by Crippen LogP contribution is 2.06. The number of nitrogens with two attached hydrogens (primary N) is 1. The van der Waals surface area contributed by atoms with Gasteiger partial charge in [-0.2, -0.15) is 4.89 Å². The van der Waals surface area contributed by atoms with E-state index in [0.29, 0.717) is 13.2 Å². The Hall–Kier alpha value is -1.65. The van der Waals surface area contributed by atoms with Gasteiger partial charge in [-0.05, 0) is 24.1 Å². The number of hydrogen-bond acceptors (Lipinski definition) is 4. The van der Waals surface area contributed by atoms with Crippen molar-refractivity contribution in [3.05, 3.63) is 41.5 Å². The molecular formula is C12H15NO3. The minimum Gasteiger partial charge on any atom is -0.326 e. The van der Waals surface area contributed by atoms with Crippen molar-refractivity contribution in [3.8, 4) is 0 Å². The Morgan fingerprint density at radius 1 is 1.50 bits per heavy atom. The molecule has 0 saturated carbocycles. The second-order valence-electron chi connectivity index (χ2n) is 3.09. The molecule has 0 aliphatic carbocycles. The van der Waals surface area contributed by atoms with Crippen LogP contribution in [0.4, 0.5) is 0 Å². The molecule has 2 N–H and O–H groups in total. The molecule has 0 amide bonds. The molecule has 4 heteroatoms. The maximum atomic E-state index is 11.1. The average Bonchev–Trinajstić information content (AvgIpc) is 2.34. The molecule has 0 saturated heterocycles. The van der Waals surface area contributed by atoms with Gasteiger partial charge in [0.25, 0.3) is 0 Å². The van der Waals surface area contributed by atoms with E-state index in [1.807, 2.05) is 24.3 Å². The molecular weight excluding hydrogens is 206 g/mol. The first-order valence-electron chi connectivity index (χ1n) is 5.06. The van der Waals surface area contributed by atoms with Crippen LogP contribution >= 0.6 is 0 Å². The van der Waals surface area contributed by atoms with Gasteiger partial charge in [0.05, 0.1) is 6.61 Å². The third-order valence-corrected chi connectivity index (χ3v) is 1.86. The summed E-state index contributed by atoms with van der Waals surface area (Å²) in [5.41, 5.74) is 7.42. The van der Waals surface area contributed by atoms with Crippen LogP contribution in [0, 0.1) is 0 Å². The van der Waals surface area contributed by atoms with E-state index in [1.165, 1.54) is 6.08 Å². The van der Waals surface area contributed by atoms with Crippen molar-refractivity contribution in [3.63, 3.8) is 0 Å². The van der Waals surface area contributed by atoms with Crippen LogP contribution < -0.4 is 5.73 Å². The molecule has 0 aliphatic rings. The maximum absolute atomic E-state index is 11.1. The average molecular weight is 221 g/mol. The molecule has 1 aromatic carbocycles. The summed E-state index contributed by atoms with van der Waals surface area (Å²) in [4.78, 5) is 20.0. The fourth-order valence-corrected chi connectivity index (χ4v) is 1.13. The molecule has 0 aromatic heterocycles. The van der Waals surface area contributed by atoms with E-state index in [1.54, 1.807) is 13.0 Å². The summed E-state index contributed by atoms with van der Waals surface area (Å²) in [6, 6.07) is 7.60. The molecule has 1 rings (SSSR count). The molecule has 0 unspecified atom stereocenters. The van der Waals surface area contributed by atoms with Crippen LogP contribution in [0.3, 0.4) is 0 Å². The summed E-state index contributed by atoms with van der Waals surface area (Å²) < 4.78 is 0. The van der Waals surface area contributed by atoms with Gasteiger partial charge in [-0.3, -0.25) is 4.89 Å². The zero-order valence-electron chi connectivity index (χ0n) is 9.18. The standard InChI is InChI=1S/C12H15NO3/c1-2-15-16-12(14)7-6-10-4-3-5-11(8-10)9-13/h3-8H,2,9,13H2,1H3. The van der Waals surface area contributed by atoms with Crippen LogP contribution in [0.1, 0.15) is 18.1 Å². The number of carbonyl (C=O) groups is 1. The Balaban J connectivity index is 2.58. The number of carbonyl (C=O) groups excluding carboxylic acids is 1. The molecule has 16 heavy (non-hydrogen) atoms. The van der Waals surface area contributed by atoms with Crippen molar-refractivity contribution in [1.29, 1.82) is 0 Å². The van der Waals surface area contributed by atoms with Crippen molar-refractivity contribution in [2.24, 2.45) is 5.73 Å². The molecule has 0 aliphatic heterocycles. The smallest absolute Gasteiger partial charge is 0.326 e. The quantitative estimate of drug-likeness (QED) is 0.466. The first-order valence-corrected chi connectivity index (χ1v) is 5.06. The van der Waals surface area contributed by atoms with E-state index in [2.05, 4.69) is 9.78 Å². The topological polar surface area (TPSA) is 61.5 Å². The summed E-state index contributed by atoms with van der Waals surface area (Å²) in [6.07, 6.45) is 2.96. The van der Waals surface area contributed by atoms with Gasteiger partial charge in [0.1, 0.15) is 0 Å². The summed E-state index contributed by atoms with van der Waals surface area (Å²) in [5.74, 6) is -0.528. The molecule has 0 spiro atoms. The third-order valence-electron chi connectivity index (χ3n) is 1.86. The van der Waals surface area contributed by atoms with Crippen molar-refractivity contribution in [2.75, 3.05) is 6.61 Å². The van der Waals surface area contributed by atoms with E-state index in [4.69, 9.17) is 5.73 Å². The molecule has 0 atom stereocenters. The van der Waals surface area contributed by atoms with Gasteiger partial charge in [-0.1, -0.05) is 24.3 Å². The first kappa shape index (κ1) is 12.4. The lowest BCUT2D eigenvalue weighted by molar-refractivity contribution is -0.264. The lowest BCUT2D eigenvalue weighted by atomic mass is 10.1. The first-order chi connectivity index (χ1) is 7.76. The number of rotatable bonds is 5. The molecule has 4 nitrogen and oxygen atoms in total. The molecule has 1 aromatic rings. The largest absolute Gasteiger partial charge is 0.365 e. The van der Waals surface area contributed by atoms with Gasteiger partial charge < -0.3 is 5.73 Å². The molecule has 0 bridgehead atoms. The van der Waals surface area contributed by atoms with Gasteiger partial charge in [-0.15, -0.1) is 0 Å². The van der Waals surface area contributed by atoms with Crippen LogP contribution in [-0.2, 0) is 21.1 Å². The normalized spacial score (nSPS) is 10.6. The summed E-state index contributed by atoms with van der Waals surface area (Å²) in [5, 5.41) is 0. The van der Waals surface area contributed by atoms with E-state index in [9.17, 15) is 4.79 Å². The van der Waals surface area contributed by atoms with Crippen molar-refractivity contribution < 1.29 is 14.6 Å². The Morgan fingerprint density at radius 2 is 2.31 bits per heavy atom. The summed E-state index contributed by atoms with van der Waals surface area (Å²) in [7, 11) is 0. The van der Waals surface area contributed by atoms with Gasteiger partial charge in [-0.25, -0.2) is 4.79 Å². The Bertz CT molecular complexity index is 374. The van der Waals surface area contributed by atoms with E-state index < -0.39 is 5.97 Å². The van der Waals surface area contributed by atoms with E-state index in [-0.39, 0.29) is 0 Å². The molecule has 0 heterocycles. The van der Waals surface area contributed by atoms with Crippen molar-refractivity contribution in [1.82, 2.24) is 0 Å². The maximum Gasteiger partial charge on any atom is 0.365 e. The van der Waals surface area contributed by atoms with Crippen LogP contribution in [0.15, 0.2) is 30.3 Å². The Labute approximate surface area is 94.6 Å². The van der Waals surface area contributed by atoms with E-state index in [0.717, 1.165) is 11.1 Å². The predicted octanol–water partition coefficient (Wildman–Crippen LogP) is 1.65. The summed E-state index contributed by atoms with van der Waals surface area (Å²) in [6.45, 7) is 2.55. The van der Waals surface area contributed by atoms with Gasteiger partial charge in [0, 0.05) is 12.6 Å². The number of hydrogen-bond donors (Lipinski definition) is 1. The minimum atomic E-state index is -0.528. The lowest BCUT2D eigenvalue weighted by Crippen LogP contribution is -2.01.